The van der Waals surface area contributed by atoms with Gasteiger partial charge in [-0.3, -0.25) is 14.5 Å². The summed E-state index contributed by atoms with van der Waals surface area (Å²) in [6.07, 6.45) is 1.72. The number of nitrogens with one attached hydrogen (secondary N) is 2. The predicted octanol–water partition coefficient (Wildman–Crippen LogP) is 0.868. The van der Waals surface area contributed by atoms with E-state index >= 15 is 0 Å². The van der Waals surface area contributed by atoms with Gasteiger partial charge in [0.1, 0.15) is 0 Å². The minimum absolute atomic E-state index is 0. The quantitative estimate of drug-likeness (QED) is 0.795. The van der Waals surface area contributed by atoms with E-state index in [0.29, 0.717) is 0 Å². The SMILES string of the molecule is Cl.O=C(NCC(=O)N1CCN(Cc2ccccc2)CC1)C1CCNCC1. The van der Waals surface area contributed by atoms with E-state index in [4.69, 9.17) is 0 Å². The zero-order valence-electron chi connectivity index (χ0n) is 15.2. The van der Waals surface area contributed by atoms with Gasteiger partial charge in [0.25, 0.3) is 0 Å². The van der Waals surface area contributed by atoms with E-state index in [2.05, 4.69) is 39.8 Å². The fourth-order valence-corrected chi connectivity index (χ4v) is 3.50. The number of carbonyl (C=O) groups is 2. The molecule has 0 aromatic heterocycles. The summed E-state index contributed by atoms with van der Waals surface area (Å²) in [6, 6.07) is 10.4. The lowest BCUT2D eigenvalue weighted by Crippen LogP contribution is -2.51. The smallest absolute Gasteiger partial charge is 0.242 e. The first-order valence-electron chi connectivity index (χ1n) is 9.25. The summed E-state index contributed by atoms with van der Waals surface area (Å²) in [5.74, 6) is 0.107. The third kappa shape index (κ3) is 5.97. The van der Waals surface area contributed by atoms with E-state index in [1.54, 1.807) is 0 Å². The highest BCUT2D eigenvalue weighted by Crippen LogP contribution is 2.11. The van der Waals surface area contributed by atoms with E-state index in [9.17, 15) is 9.59 Å². The molecule has 2 aliphatic heterocycles. The van der Waals surface area contributed by atoms with Crippen LogP contribution in [0.15, 0.2) is 30.3 Å². The first-order valence-corrected chi connectivity index (χ1v) is 9.25. The molecule has 3 rings (SSSR count). The summed E-state index contributed by atoms with van der Waals surface area (Å²) in [7, 11) is 0. The molecule has 0 aliphatic carbocycles. The molecule has 7 heteroatoms. The van der Waals surface area contributed by atoms with Crippen LogP contribution in [0.3, 0.4) is 0 Å². The van der Waals surface area contributed by atoms with Crippen molar-refractivity contribution in [3.05, 3.63) is 35.9 Å². The molecule has 2 heterocycles. The van der Waals surface area contributed by atoms with E-state index in [-0.39, 0.29) is 36.7 Å². The van der Waals surface area contributed by atoms with Gasteiger partial charge < -0.3 is 15.5 Å². The van der Waals surface area contributed by atoms with E-state index < -0.39 is 0 Å². The molecule has 0 unspecified atom stereocenters. The van der Waals surface area contributed by atoms with Crippen LogP contribution in [0.1, 0.15) is 18.4 Å². The maximum Gasteiger partial charge on any atom is 0.242 e. The highest BCUT2D eigenvalue weighted by atomic mass is 35.5. The van der Waals surface area contributed by atoms with Crippen LogP contribution in [0, 0.1) is 5.92 Å². The topological polar surface area (TPSA) is 64.7 Å². The molecular formula is C19H29ClN4O2. The molecule has 2 N–H and O–H groups in total. The van der Waals surface area contributed by atoms with Gasteiger partial charge in [-0.1, -0.05) is 30.3 Å². The Bertz CT molecular complexity index is 570. The lowest BCUT2D eigenvalue weighted by molar-refractivity contribution is -0.135. The molecule has 6 nitrogen and oxygen atoms in total. The molecule has 0 spiro atoms. The summed E-state index contributed by atoms with van der Waals surface area (Å²) >= 11 is 0. The zero-order chi connectivity index (χ0) is 17.5. The number of nitrogens with zero attached hydrogens (tertiary/aromatic N) is 2. The molecule has 0 atom stereocenters. The Balaban J connectivity index is 0.00000243. The van der Waals surface area contributed by atoms with Crippen LogP contribution in [0.25, 0.3) is 0 Å². The highest BCUT2D eigenvalue weighted by Gasteiger charge is 2.24. The molecule has 2 amide bonds. The maximum atomic E-state index is 12.3. The van der Waals surface area contributed by atoms with Crippen molar-refractivity contribution in [2.75, 3.05) is 45.8 Å². The standard InChI is InChI=1S/C19H28N4O2.ClH/c24-18(14-21-19(25)17-6-8-20-9-7-17)23-12-10-22(11-13-23)15-16-4-2-1-3-5-16;/h1-5,17,20H,6-15H2,(H,21,25);1H. The first-order chi connectivity index (χ1) is 12.2. The van der Waals surface area contributed by atoms with Crippen LogP contribution in [0.5, 0.6) is 0 Å². The maximum absolute atomic E-state index is 12.3. The average molecular weight is 381 g/mol. The van der Waals surface area contributed by atoms with Crippen LogP contribution in [0.4, 0.5) is 0 Å². The molecule has 1 aromatic rings. The van der Waals surface area contributed by atoms with Gasteiger partial charge in [-0.05, 0) is 31.5 Å². The summed E-state index contributed by atoms with van der Waals surface area (Å²) < 4.78 is 0. The van der Waals surface area contributed by atoms with Crippen molar-refractivity contribution in [1.82, 2.24) is 20.4 Å². The molecule has 2 aliphatic rings. The van der Waals surface area contributed by atoms with Gasteiger partial charge in [-0.25, -0.2) is 0 Å². The van der Waals surface area contributed by atoms with E-state index in [0.717, 1.165) is 58.7 Å². The van der Waals surface area contributed by atoms with E-state index in [1.807, 2.05) is 11.0 Å². The highest BCUT2D eigenvalue weighted by molar-refractivity contribution is 5.86. The van der Waals surface area contributed by atoms with Crippen molar-refractivity contribution in [2.24, 2.45) is 5.92 Å². The lowest BCUT2D eigenvalue weighted by Gasteiger charge is -2.35. The molecule has 26 heavy (non-hydrogen) atoms. The molecule has 2 fully saturated rings. The Morgan fingerprint density at radius 2 is 1.69 bits per heavy atom. The molecular weight excluding hydrogens is 352 g/mol. The number of hydrogen-bond donors (Lipinski definition) is 2. The second-order valence-corrected chi connectivity index (χ2v) is 6.88. The summed E-state index contributed by atoms with van der Waals surface area (Å²) in [4.78, 5) is 28.7. The fourth-order valence-electron chi connectivity index (χ4n) is 3.50. The molecule has 2 saturated heterocycles. The van der Waals surface area contributed by atoms with Crippen LogP contribution in [-0.4, -0.2) is 67.4 Å². The minimum Gasteiger partial charge on any atom is -0.347 e. The number of amides is 2. The summed E-state index contributed by atoms with van der Waals surface area (Å²) in [5.41, 5.74) is 1.30. The van der Waals surface area contributed by atoms with Crippen LogP contribution in [-0.2, 0) is 16.1 Å². The molecule has 144 valence electrons. The van der Waals surface area contributed by atoms with Crippen molar-refractivity contribution in [2.45, 2.75) is 19.4 Å². The average Bonchev–Trinajstić information content (AvgIpc) is 2.68. The number of rotatable bonds is 5. The van der Waals surface area contributed by atoms with Crippen LogP contribution in [0.2, 0.25) is 0 Å². The largest absolute Gasteiger partial charge is 0.347 e. The number of halogens is 1. The predicted molar refractivity (Wildman–Crippen MR) is 104 cm³/mol. The molecule has 0 saturated carbocycles. The van der Waals surface area contributed by atoms with Crippen molar-refractivity contribution in [3.8, 4) is 0 Å². The fraction of sp³-hybridized carbons (Fsp3) is 0.579. The third-order valence-electron chi connectivity index (χ3n) is 5.10. The first kappa shape index (κ1) is 20.7. The van der Waals surface area contributed by atoms with Crippen molar-refractivity contribution < 1.29 is 9.59 Å². The Morgan fingerprint density at radius 3 is 2.35 bits per heavy atom. The number of benzene rings is 1. The van der Waals surface area contributed by atoms with Gasteiger partial charge in [0.2, 0.25) is 11.8 Å². The molecule has 0 bridgehead atoms. The van der Waals surface area contributed by atoms with Gasteiger partial charge in [0.15, 0.2) is 0 Å². The minimum atomic E-state index is 0. The van der Waals surface area contributed by atoms with Gasteiger partial charge in [0, 0.05) is 38.6 Å². The second kappa shape index (κ2) is 10.5. The van der Waals surface area contributed by atoms with Gasteiger partial charge in [-0.15, -0.1) is 12.4 Å². The summed E-state index contributed by atoms with van der Waals surface area (Å²) in [6.45, 7) is 6.04. The number of carbonyl (C=O) groups excluding carboxylic acids is 2. The monoisotopic (exact) mass is 380 g/mol. The zero-order valence-corrected chi connectivity index (χ0v) is 16.0. The Kier molecular flexibility index (Phi) is 8.35. The molecule has 1 aromatic carbocycles. The normalized spacial score (nSPS) is 18.8. The summed E-state index contributed by atoms with van der Waals surface area (Å²) in [5, 5.41) is 6.08. The van der Waals surface area contributed by atoms with E-state index in [1.165, 1.54) is 5.56 Å². The second-order valence-electron chi connectivity index (χ2n) is 6.88. The Labute approximate surface area is 161 Å². The van der Waals surface area contributed by atoms with Crippen LogP contribution < -0.4 is 10.6 Å². The van der Waals surface area contributed by atoms with Crippen molar-refractivity contribution in [3.63, 3.8) is 0 Å². The van der Waals surface area contributed by atoms with Crippen molar-refractivity contribution >= 4 is 24.2 Å². The third-order valence-corrected chi connectivity index (χ3v) is 5.10. The Hall–Kier alpha value is -1.63. The van der Waals surface area contributed by atoms with Gasteiger partial charge >= 0.3 is 0 Å². The number of piperidine rings is 1. The van der Waals surface area contributed by atoms with Gasteiger partial charge in [-0.2, -0.15) is 0 Å². The van der Waals surface area contributed by atoms with Gasteiger partial charge in [0.05, 0.1) is 6.54 Å². The molecule has 0 radical (unpaired) electrons. The number of piperazine rings is 1. The number of hydrogen-bond acceptors (Lipinski definition) is 4. The lowest BCUT2D eigenvalue weighted by atomic mass is 9.97. The van der Waals surface area contributed by atoms with Crippen LogP contribution >= 0.6 is 12.4 Å². The van der Waals surface area contributed by atoms with Crippen molar-refractivity contribution in [1.29, 1.82) is 0 Å². The Morgan fingerprint density at radius 1 is 1.04 bits per heavy atom.